The highest BCUT2D eigenvalue weighted by atomic mass is 16.5. The number of likely N-dealkylation sites (N-methyl/N-ethyl adjacent to an activating group) is 1. The van der Waals surface area contributed by atoms with Crippen LogP contribution in [0.3, 0.4) is 0 Å². The van der Waals surface area contributed by atoms with Gasteiger partial charge in [0.1, 0.15) is 5.76 Å². The second-order valence-electron chi connectivity index (χ2n) is 6.74. The summed E-state index contributed by atoms with van der Waals surface area (Å²) in [4.78, 5) is 6.49. The number of fused-ring (bicyclic) bond motifs is 3. The highest BCUT2D eigenvalue weighted by Crippen LogP contribution is 2.32. The smallest absolute Gasteiger partial charge is 0.142 e. The molecule has 0 saturated carbocycles. The summed E-state index contributed by atoms with van der Waals surface area (Å²) in [5, 5.41) is 1.35. The maximum Gasteiger partial charge on any atom is 0.142 e. The fourth-order valence-electron chi connectivity index (χ4n) is 3.67. The van der Waals surface area contributed by atoms with E-state index >= 15 is 0 Å². The zero-order valence-corrected chi connectivity index (χ0v) is 15.0. The van der Waals surface area contributed by atoms with Crippen molar-refractivity contribution in [1.82, 2.24) is 14.5 Å². The van der Waals surface area contributed by atoms with Gasteiger partial charge in [0.05, 0.1) is 18.8 Å². The highest BCUT2D eigenvalue weighted by molar-refractivity contribution is 5.90. The lowest BCUT2D eigenvalue weighted by Gasteiger charge is -2.23. The van der Waals surface area contributed by atoms with E-state index in [0.29, 0.717) is 0 Å². The van der Waals surface area contributed by atoms with Crippen molar-refractivity contribution < 1.29 is 4.74 Å². The normalized spacial score (nSPS) is 15.4. The molecule has 128 valence electrons. The van der Waals surface area contributed by atoms with E-state index in [9.17, 15) is 0 Å². The molecule has 0 amide bonds. The molecule has 0 bridgehead atoms. The van der Waals surface area contributed by atoms with Crippen LogP contribution >= 0.6 is 0 Å². The third-order valence-corrected chi connectivity index (χ3v) is 4.97. The number of aromatic nitrogens is 2. The molecule has 3 heterocycles. The van der Waals surface area contributed by atoms with Crippen molar-refractivity contribution in [2.75, 3.05) is 20.7 Å². The van der Waals surface area contributed by atoms with Crippen LogP contribution in [0.5, 0.6) is 0 Å². The van der Waals surface area contributed by atoms with Crippen LogP contribution in [0.2, 0.25) is 0 Å². The van der Waals surface area contributed by atoms with Gasteiger partial charge >= 0.3 is 0 Å². The summed E-state index contributed by atoms with van der Waals surface area (Å²) in [6.07, 6.45) is 6.76. The first-order chi connectivity index (χ1) is 12.2. The second-order valence-corrected chi connectivity index (χ2v) is 6.74. The number of nitrogens with zero attached hydrogens (tertiary/aromatic N) is 3. The van der Waals surface area contributed by atoms with E-state index in [0.717, 1.165) is 30.8 Å². The monoisotopic (exact) mass is 333 g/mol. The van der Waals surface area contributed by atoms with E-state index in [4.69, 9.17) is 4.74 Å². The Morgan fingerprint density at radius 2 is 2.00 bits per heavy atom. The van der Waals surface area contributed by atoms with Crippen molar-refractivity contribution >= 4 is 22.9 Å². The largest absolute Gasteiger partial charge is 0.495 e. The number of benzene rings is 1. The molecule has 4 rings (SSSR count). The molecule has 0 atom stereocenters. The van der Waals surface area contributed by atoms with Gasteiger partial charge in [-0.1, -0.05) is 11.6 Å². The Bertz CT molecular complexity index is 941. The van der Waals surface area contributed by atoms with Crippen LogP contribution in [-0.4, -0.2) is 35.2 Å². The van der Waals surface area contributed by atoms with Crippen molar-refractivity contribution in [2.45, 2.75) is 19.9 Å². The van der Waals surface area contributed by atoms with Crippen molar-refractivity contribution in [3.63, 3.8) is 0 Å². The quantitative estimate of drug-likeness (QED) is 0.680. The number of hydrogen-bond acceptors (Lipinski definition) is 3. The van der Waals surface area contributed by atoms with Crippen LogP contribution in [0.15, 0.2) is 42.7 Å². The first-order valence-corrected chi connectivity index (χ1v) is 8.64. The van der Waals surface area contributed by atoms with Gasteiger partial charge in [0, 0.05) is 48.5 Å². The highest BCUT2D eigenvalue weighted by Gasteiger charge is 2.22. The molecule has 1 aliphatic heterocycles. The number of pyridine rings is 1. The van der Waals surface area contributed by atoms with Crippen LogP contribution in [0, 0.1) is 6.92 Å². The summed E-state index contributed by atoms with van der Waals surface area (Å²) in [6, 6.07) is 10.7. The van der Waals surface area contributed by atoms with Gasteiger partial charge in [0.25, 0.3) is 0 Å². The Hall–Kier alpha value is -2.59. The fraction of sp³-hybridized carbons (Fsp3) is 0.286. The SMILES string of the molecule is CO/C(=C\n1c2c(c3cc(C)ccc31)CN(C)CC2)c1ccncc1. The maximum absolute atomic E-state index is 5.70. The number of aryl methyl sites for hydroxylation is 1. The molecule has 0 unspecified atom stereocenters. The number of methoxy groups -OCH3 is 1. The molecule has 0 radical (unpaired) electrons. The van der Waals surface area contributed by atoms with E-state index in [1.165, 1.54) is 27.7 Å². The molecule has 0 spiro atoms. The molecule has 1 aromatic carbocycles. The Kier molecular flexibility index (Phi) is 4.06. The number of hydrogen-bond donors (Lipinski definition) is 0. The van der Waals surface area contributed by atoms with Gasteiger partial charge in [-0.15, -0.1) is 0 Å². The molecule has 2 aromatic heterocycles. The van der Waals surface area contributed by atoms with E-state index in [1.807, 2.05) is 12.1 Å². The molecular weight excluding hydrogens is 310 g/mol. The lowest BCUT2D eigenvalue weighted by molar-refractivity contribution is 0.311. The molecular formula is C21H23N3O. The van der Waals surface area contributed by atoms with Gasteiger partial charge < -0.3 is 14.2 Å². The van der Waals surface area contributed by atoms with Gasteiger partial charge in [-0.3, -0.25) is 4.98 Å². The average Bonchev–Trinajstić information content (AvgIpc) is 2.92. The third kappa shape index (κ3) is 2.83. The predicted molar refractivity (Wildman–Crippen MR) is 102 cm³/mol. The second kappa shape index (κ2) is 6.37. The minimum absolute atomic E-state index is 0.849. The van der Waals surface area contributed by atoms with Gasteiger partial charge in [0.15, 0.2) is 0 Å². The zero-order valence-electron chi connectivity index (χ0n) is 15.0. The molecule has 3 aromatic rings. The van der Waals surface area contributed by atoms with Crippen molar-refractivity contribution in [1.29, 1.82) is 0 Å². The van der Waals surface area contributed by atoms with Crippen molar-refractivity contribution in [3.05, 3.63) is 65.1 Å². The summed E-state index contributed by atoms with van der Waals surface area (Å²) in [5.74, 6) is 0.849. The van der Waals surface area contributed by atoms with Crippen LogP contribution in [0.25, 0.3) is 22.9 Å². The first-order valence-electron chi connectivity index (χ1n) is 8.64. The summed E-state index contributed by atoms with van der Waals surface area (Å²) in [6.45, 7) is 4.23. The Morgan fingerprint density at radius 1 is 1.20 bits per heavy atom. The lowest BCUT2D eigenvalue weighted by atomic mass is 10.0. The summed E-state index contributed by atoms with van der Waals surface area (Å²) in [5.41, 5.74) is 6.41. The summed E-state index contributed by atoms with van der Waals surface area (Å²) >= 11 is 0. The Balaban J connectivity index is 1.94. The maximum atomic E-state index is 5.70. The van der Waals surface area contributed by atoms with Gasteiger partial charge in [0.2, 0.25) is 0 Å². The lowest BCUT2D eigenvalue weighted by Crippen LogP contribution is -2.26. The van der Waals surface area contributed by atoms with E-state index in [2.05, 4.69) is 52.8 Å². The first kappa shape index (κ1) is 15.9. The topological polar surface area (TPSA) is 30.3 Å². The summed E-state index contributed by atoms with van der Waals surface area (Å²) in [7, 11) is 3.91. The van der Waals surface area contributed by atoms with Gasteiger partial charge in [-0.2, -0.15) is 0 Å². The van der Waals surface area contributed by atoms with Crippen LogP contribution in [0.1, 0.15) is 22.4 Å². The standard InChI is InChI=1S/C21H23N3O/c1-15-4-5-19-17(12-15)18-13-23(2)11-8-20(18)24(19)14-21(25-3)16-6-9-22-10-7-16/h4-7,9-10,12,14H,8,11,13H2,1-3H3/b21-14-. The molecule has 4 nitrogen and oxygen atoms in total. The van der Waals surface area contributed by atoms with Crippen LogP contribution < -0.4 is 0 Å². The predicted octanol–water partition coefficient (Wildman–Crippen LogP) is 3.93. The third-order valence-electron chi connectivity index (χ3n) is 4.97. The van der Waals surface area contributed by atoms with E-state index in [-0.39, 0.29) is 0 Å². The van der Waals surface area contributed by atoms with E-state index < -0.39 is 0 Å². The van der Waals surface area contributed by atoms with Crippen LogP contribution in [-0.2, 0) is 17.7 Å². The molecule has 1 aliphatic rings. The van der Waals surface area contributed by atoms with Crippen molar-refractivity contribution in [3.8, 4) is 0 Å². The Labute approximate surface area is 148 Å². The fourth-order valence-corrected chi connectivity index (χ4v) is 3.67. The number of rotatable bonds is 3. The van der Waals surface area contributed by atoms with Crippen molar-refractivity contribution in [2.24, 2.45) is 0 Å². The zero-order chi connectivity index (χ0) is 17.4. The van der Waals surface area contributed by atoms with Crippen LogP contribution in [0.4, 0.5) is 0 Å². The Morgan fingerprint density at radius 3 is 2.76 bits per heavy atom. The molecule has 0 N–H and O–H groups in total. The number of ether oxygens (including phenoxy) is 1. The van der Waals surface area contributed by atoms with Gasteiger partial charge in [-0.25, -0.2) is 0 Å². The minimum Gasteiger partial charge on any atom is -0.495 e. The molecule has 0 saturated heterocycles. The average molecular weight is 333 g/mol. The summed E-state index contributed by atoms with van der Waals surface area (Å²) < 4.78 is 8.01. The van der Waals surface area contributed by atoms with Gasteiger partial charge in [-0.05, 0) is 43.8 Å². The molecule has 0 fully saturated rings. The minimum atomic E-state index is 0.849. The molecule has 25 heavy (non-hydrogen) atoms. The molecule has 0 aliphatic carbocycles. The van der Waals surface area contributed by atoms with E-state index in [1.54, 1.807) is 19.5 Å². The molecule has 4 heteroatoms.